The predicted octanol–water partition coefficient (Wildman–Crippen LogP) is 4.65. The SMILES string of the molecule is Cn1cnnc1C(c1cc(-c2cnc3c(C(F)(F)F)cc(CNCCOC(F)F)cn3c2=O)nc(C2CC2)c1)C1CC1. The van der Waals surface area contributed by atoms with Gasteiger partial charge in [0.05, 0.1) is 23.4 Å². The largest absolute Gasteiger partial charge is 0.419 e. The lowest BCUT2D eigenvalue weighted by atomic mass is 9.91. The second-order valence-corrected chi connectivity index (χ2v) is 10.8. The highest BCUT2D eigenvalue weighted by molar-refractivity contribution is 5.62. The third-order valence-electron chi connectivity index (χ3n) is 7.63. The average Bonchev–Trinajstić information content (AvgIpc) is 3.87. The van der Waals surface area contributed by atoms with Crippen LogP contribution in [-0.4, -0.2) is 48.9 Å². The highest BCUT2D eigenvalue weighted by atomic mass is 19.4. The van der Waals surface area contributed by atoms with Gasteiger partial charge >= 0.3 is 12.8 Å². The molecule has 0 bridgehead atoms. The van der Waals surface area contributed by atoms with E-state index in [0.29, 0.717) is 11.6 Å². The fourth-order valence-corrected chi connectivity index (χ4v) is 5.29. The number of hydrogen-bond acceptors (Lipinski definition) is 7. The molecule has 2 aliphatic rings. The molecule has 1 unspecified atom stereocenters. The minimum atomic E-state index is -4.79. The molecule has 0 amide bonds. The van der Waals surface area contributed by atoms with Gasteiger partial charge in [0.25, 0.3) is 5.56 Å². The average molecular weight is 590 g/mol. The Morgan fingerprint density at radius 2 is 1.93 bits per heavy atom. The summed E-state index contributed by atoms with van der Waals surface area (Å²) in [6.07, 6.45) is 3.29. The number of nitrogens with one attached hydrogen (secondary N) is 1. The van der Waals surface area contributed by atoms with E-state index >= 15 is 0 Å². The molecule has 0 aromatic carbocycles. The van der Waals surface area contributed by atoms with Gasteiger partial charge in [-0.15, -0.1) is 10.2 Å². The molecule has 0 radical (unpaired) electrons. The summed E-state index contributed by atoms with van der Waals surface area (Å²) in [6, 6.07) is 4.76. The normalized spacial score (nSPS) is 16.5. The van der Waals surface area contributed by atoms with E-state index in [1.807, 2.05) is 23.7 Å². The van der Waals surface area contributed by atoms with Crippen LogP contribution in [0.1, 0.15) is 65.7 Å². The van der Waals surface area contributed by atoms with E-state index in [4.69, 9.17) is 4.98 Å². The zero-order valence-electron chi connectivity index (χ0n) is 22.6. The third kappa shape index (κ3) is 5.91. The molecular weight excluding hydrogens is 561 g/mol. The van der Waals surface area contributed by atoms with Gasteiger partial charge in [-0.3, -0.25) is 14.2 Å². The van der Waals surface area contributed by atoms with Crippen LogP contribution in [0.5, 0.6) is 0 Å². The van der Waals surface area contributed by atoms with Crippen molar-refractivity contribution < 1.29 is 26.7 Å². The van der Waals surface area contributed by atoms with Gasteiger partial charge in [0.15, 0.2) is 5.65 Å². The van der Waals surface area contributed by atoms with Gasteiger partial charge in [-0.25, -0.2) is 4.98 Å². The number of hydrogen-bond donors (Lipinski definition) is 1. The summed E-state index contributed by atoms with van der Waals surface area (Å²) in [6.45, 7) is -3.40. The van der Waals surface area contributed by atoms with Crippen molar-refractivity contribution in [3.8, 4) is 11.3 Å². The van der Waals surface area contributed by atoms with Crippen LogP contribution in [0.25, 0.3) is 16.9 Å². The quantitative estimate of drug-likeness (QED) is 0.201. The minimum Gasteiger partial charge on any atom is -0.322 e. The maximum Gasteiger partial charge on any atom is 0.419 e. The molecule has 0 saturated heterocycles. The molecule has 4 heterocycles. The fourth-order valence-electron chi connectivity index (χ4n) is 5.29. The van der Waals surface area contributed by atoms with Crippen LogP contribution >= 0.6 is 0 Å². The van der Waals surface area contributed by atoms with Crippen molar-refractivity contribution >= 4 is 5.65 Å². The predicted molar refractivity (Wildman–Crippen MR) is 141 cm³/mol. The maximum atomic E-state index is 14.0. The van der Waals surface area contributed by atoms with Crippen LogP contribution in [0.3, 0.4) is 0 Å². The van der Waals surface area contributed by atoms with Crippen molar-refractivity contribution in [3.63, 3.8) is 0 Å². The van der Waals surface area contributed by atoms with Crippen molar-refractivity contribution in [1.29, 1.82) is 0 Å². The Kier molecular flexibility index (Phi) is 7.51. The van der Waals surface area contributed by atoms with Gasteiger partial charge in [0.2, 0.25) is 0 Å². The van der Waals surface area contributed by atoms with Gasteiger partial charge in [0, 0.05) is 50.1 Å². The smallest absolute Gasteiger partial charge is 0.322 e. The third-order valence-corrected chi connectivity index (χ3v) is 7.63. The topological polar surface area (TPSA) is 99.2 Å². The first-order chi connectivity index (χ1) is 20.1. The fraction of sp³-hybridized carbons (Fsp3) is 0.464. The summed E-state index contributed by atoms with van der Waals surface area (Å²) in [5.74, 6) is 1.36. The molecule has 2 fully saturated rings. The summed E-state index contributed by atoms with van der Waals surface area (Å²) < 4.78 is 73.4. The van der Waals surface area contributed by atoms with E-state index in [9.17, 15) is 26.7 Å². The molecule has 4 aromatic heterocycles. The van der Waals surface area contributed by atoms with E-state index in [1.54, 1.807) is 6.33 Å². The van der Waals surface area contributed by atoms with Crippen molar-refractivity contribution in [2.24, 2.45) is 13.0 Å². The minimum absolute atomic E-state index is 0.0226. The summed E-state index contributed by atoms with van der Waals surface area (Å²) in [5.41, 5.74) is 0.0125. The molecule has 0 aliphatic heterocycles. The second kappa shape index (κ2) is 11.1. The van der Waals surface area contributed by atoms with Crippen LogP contribution in [0.4, 0.5) is 22.0 Å². The number of ether oxygens (including phenoxy) is 1. The molecule has 4 aromatic rings. The van der Waals surface area contributed by atoms with Crippen LogP contribution in [-0.2, 0) is 24.5 Å². The van der Waals surface area contributed by atoms with Gasteiger partial charge < -0.3 is 14.6 Å². The molecule has 0 spiro atoms. The van der Waals surface area contributed by atoms with Crippen molar-refractivity contribution in [1.82, 2.24) is 34.4 Å². The summed E-state index contributed by atoms with van der Waals surface area (Å²) in [7, 11) is 1.88. The van der Waals surface area contributed by atoms with Crippen molar-refractivity contribution in [3.05, 3.63) is 75.5 Å². The number of fused-ring (bicyclic) bond motifs is 1. The number of aromatic nitrogens is 6. The van der Waals surface area contributed by atoms with Crippen LogP contribution < -0.4 is 10.9 Å². The standard InChI is InChI=1S/C28H28F5N7O2/c1-39-14-36-38-25(39)23(17-4-5-17)18-9-21(16-2-3-16)37-22(10-18)19-12-35-24-20(28(31,32)33)8-15(13-40(24)26(19)41)11-34-6-7-42-27(29)30/h8-10,12-14,16-17,23,27,34H,2-7,11H2,1H3. The summed E-state index contributed by atoms with van der Waals surface area (Å²) in [5, 5.41) is 11.2. The lowest BCUT2D eigenvalue weighted by molar-refractivity contribution is -0.136. The number of halogens is 5. The lowest BCUT2D eigenvalue weighted by Gasteiger charge is -2.18. The molecule has 222 valence electrons. The van der Waals surface area contributed by atoms with Gasteiger partial charge in [-0.05, 0) is 60.9 Å². The van der Waals surface area contributed by atoms with Gasteiger partial charge in [-0.1, -0.05) is 0 Å². The van der Waals surface area contributed by atoms with E-state index in [1.165, 1.54) is 6.20 Å². The number of nitrogens with zero attached hydrogens (tertiary/aromatic N) is 6. The zero-order valence-corrected chi connectivity index (χ0v) is 22.6. The molecule has 1 N–H and O–H groups in total. The molecule has 6 rings (SSSR count). The molecule has 2 saturated carbocycles. The van der Waals surface area contributed by atoms with E-state index < -0.39 is 29.6 Å². The molecule has 42 heavy (non-hydrogen) atoms. The highest BCUT2D eigenvalue weighted by Crippen LogP contribution is 2.48. The van der Waals surface area contributed by atoms with Crippen molar-refractivity contribution in [2.75, 3.05) is 13.2 Å². The molecule has 2 aliphatic carbocycles. The Balaban J connectivity index is 1.42. The first-order valence-electron chi connectivity index (χ1n) is 13.7. The molecular formula is C28H28F5N7O2. The van der Waals surface area contributed by atoms with E-state index in [2.05, 4.69) is 25.2 Å². The molecule has 1 atom stereocenters. The van der Waals surface area contributed by atoms with E-state index in [-0.39, 0.29) is 42.7 Å². The number of rotatable bonds is 11. The van der Waals surface area contributed by atoms with Crippen LogP contribution in [0, 0.1) is 5.92 Å². The van der Waals surface area contributed by atoms with Crippen molar-refractivity contribution in [2.45, 2.75) is 56.9 Å². The second-order valence-electron chi connectivity index (χ2n) is 10.8. The van der Waals surface area contributed by atoms with Crippen LogP contribution in [0.15, 0.2) is 41.7 Å². The highest BCUT2D eigenvalue weighted by Gasteiger charge is 2.38. The Morgan fingerprint density at radius 1 is 1.14 bits per heavy atom. The molecule has 9 nitrogen and oxygen atoms in total. The van der Waals surface area contributed by atoms with Gasteiger partial charge in [0.1, 0.15) is 12.2 Å². The Bertz CT molecular complexity index is 1660. The number of pyridine rings is 2. The monoisotopic (exact) mass is 589 g/mol. The van der Waals surface area contributed by atoms with Crippen LogP contribution in [0.2, 0.25) is 0 Å². The summed E-state index contributed by atoms with van der Waals surface area (Å²) in [4.78, 5) is 22.6. The lowest BCUT2D eigenvalue weighted by Crippen LogP contribution is -2.24. The zero-order chi connectivity index (χ0) is 29.6. The maximum absolute atomic E-state index is 14.0. The Labute approximate surface area is 236 Å². The van der Waals surface area contributed by atoms with E-state index in [0.717, 1.165) is 59.4 Å². The number of aryl methyl sites for hydroxylation is 1. The van der Waals surface area contributed by atoms with Gasteiger partial charge in [-0.2, -0.15) is 22.0 Å². The Morgan fingerprint density at radius 3 is 2.57 bits per heavy atom. The Hall–Kier alpha value is -3.78. The summed E-state index contributed by atoms with van der Waals surface area (Å²) >= 11 is 0. The first kappa shape index (κ1) is 28.3. The number of alkyl halides is 5. The first-order valence-corrected chi connectivity index (χ1v) is 13.7. The molecule has 14 heteroatoms.